The molecule has 0 radical (unpaired) electrons. The first-order valence-corrected chi connectivity index (χ1v) is 10.8. The van der Waals surface area contributed by atoms with E-state index in [-0.39, 0.29) is 0 Å². The van der Waals surface area contributed by atoms with Crippen LogP contribution >= 0.6 is 11.3 Å². The highest BCUT2D eigenvalue weighted by molar-refractivity contribution is 7.11. The van der Waals surface area contributed by atoms with E-state index >= 15 is 0 Å². The normalized spacial score (nSPS) is 20.9. The van der Waals surface area contributed by atoms with E-state index in [0.717, 1.165) is 38.7 Å². The Morgan fingerprint density at radius 3 is 2.29 bits per heavy atom. The Hall–Kier alpha value is -1.89. The molecule has 2 atom stereocenters. The van der Waals surface area contributed by atoms with Crippen LogP contribution in [-0.2, 0) is 24.4 Å². The van der Waals surface area contributed by atoms with Crippen molar-refractivity contribution in [3.05, 3.63) is 57.3 Å². The number of nitrogens with one attached hydrogen (secondary N) is 2. The van der Waals surface area contributed by atoms with Crippen LogP contribution in [0.15, 0.2) is 41.4 Å². The number of benzene rings is 1. The number of hydrogen-bond acceptors (Lipinski definition) is 4. The minimum absolute atomic E-state index is 0.310. The van der Waals surface area contributed by atoms with E-state index < -0.39 is 0 Å². The van der Waals surface area contributed by atoms with Crippen molar-refractivity contribution >= 4 is 17.3 Å². The predicted octanol–water partition coefficient (Wildman–Crippen LogP) is 3.53. The Bertz CT molecular complexity index is 761. The average molecular weight is 401 g/mol. The summed E-state index contributed by atoms with van der Waals surface area (Å²) in [6, 6.07) is 13.2. The van der Waals surface area contributed by atoms with Gasteiger partial charge in [-0.1, -0.05) is 24.3 Å². The molecule has 6 heteroatoms. The lowest BCUT2D eigenvalue weighted by atomic mass is 10.1. The monoisotopic (exact) mass is 400 g/mol. The maximum absolute atomic E-state index is 5.82. The van der Waals surface area contributed by atoms with E-state index in [4.69, 9.17) is 4.74 Å². The topological polar surface area (TPSA) is 48.9 Å². The summed E-state index contributed by atoms with van der Waals surface area (Å²) in [5, 5.41) is 6.77. The molecule has 1 aliphatic rings. The van der Waals surface area contributed by atoms with E-state index in [1.807, 2.05) is 18.4 Å². The molecule has 5 nitrogen and oxygen atoms in total. The number of rotatable bonds is 6. The number of aryl methyl sites for hydroxylation is 1. The third kappa shape index (κ3) is 6.33. The highest BCUT2D eigenvalue weighted by atomic mass is 32.1. The van der Waals surface area contributed by atoms with Crippen molar-refractivity contribution in [1.82, 2.24) is 15.5 Å². The van der Waals surface area contributed by atoms with Crippen molar-refractivity contribution < 1.29 is 4.74 Å². The van der Waals surface area contributed by atoms with E-state index in [0.29, 0.717) is 12.2 Å². The largest absolute Gasteiger partial charge is 0.373 e. The average Bonchev–Trinajstić information content (AvgIpc) is 3.07. The van der Waals surface area contributed by atoms with Gasteiger partial charge in [-0.2, -0.15) is 0 Å². The van der Waals surface area contributed by atoms with Crippen molar-refractivity contribution in [2.45, 2.75) is 52.6 Å². The van der Waals surface area contributed by atoms with E-state index in [9.17, 15) is 0 Å². The zero-order chi connectivity index (χ0) is 19.9. The maximum Gasteiger partial charge on any atom is 0.191 e. The Morgan fingerprint density at radius 1 is 1.04 bits per heavy atom. The number of ether oxygens (including phenoxy) is 1. The Kier molecular flexibility index (Phi) is 7.48. The molecule has 0 amide bonds. The van der Waals surface area contributed by atoms with Gasteiger partial charge in [0, 0.05) is 43.0 Å². The quantitative estimate of drug-likeness (QED) is 0.575. The summed E-state index contributed by atoms with van der Waals surface area (Å²) in [6.07, 6.45) is 0.620. The molecule has 1 aromatic heterocycles. The van der Waals surface area contributed by atoms with Crippen LogP contribution in [0.1, 0.15) is 34.7 Å². The van der Waals surface area contributed by atoms with Gasteiger partial charge in [0.1, 0.15) is 0 Å². The van der Waals surface area contributed by atoms with Crippen LogP contribution in [0, 0.1) is 6.92 Å². The van der Waals surface area contributed by atoms with Crippen LogP contribution in [0.5, 0.6) is 0 Å². The summed E-state index contributed by atoms with van der Waals surface area (Å²) in [5.41, 5.74) is 2.60. The number of aliphatic imine (C=N–C) groups is 1. The zero-order valence-corrected chi connectivity index (χ0v) is 18.2. The number of nitrogens with zero attached hydrogens (tertiary/aromatic N) is 2. The van der Waals surface area contributed by atoms with E-state index in [1.54, 1.807) is 0 Å². The molecule has 1 saturated heterocycles. The molecule has 1 fully saturated rings. The molecule has 1 aliphatic heterocycles. The van der Waals surface area contributed by atoms with Gasteiger partial charge >= 0.3 is 0 Å². The van der Waals surface area contributed by atoms with Gasteiger partial charge < -0.3 is 15.4 Å². The van der Waals surface area contributed by atoms with Gasteiger partial charge in [0.05, 0.1) is 18.8 Å². The number of thiophene rings is 1. The first kappa shape index (κ1) is 20.8. The van der Waals surface area contributed by atoms with Gasteiger partial charge in [0.25, 0.3) is 0 Å². The lowest BCUT2D eigenvalue weighted by Crippen LogP contribution is -2.44. The third-order valence-electron chi connectivity index (χ3n) is 4.83. The Labute approximate surface area is 172 Å². The summed E-state index contributed by atoms with van der Waals surface area (Å²) in [4.78, 5) is 9.44. The summed E-state index contributed by atoms with van der Waals surface area (Å²) < 4.78 is 5.82. The predicted molar refractivity (Wildman–Crippen MR) is 118 cm³/mol. The van der Waals surface area contributed by atoms with E-state index in [1.165, 1.54) is 20.9 Å². The molecule has 2 aromatic rings. The molecule has 0 saturated carbocycles. The molecule has 3 rings (SSSR count). The van der Waals surface area contributed by atoms with Crippen molar-refractivity contribution in [2.24, 2.45) is 4.99 Å². The van der Waals surface area contributed by atoms with Gasteiger partial charge in [-0.15, -0.1) is 11.3 Å². The van der Waals surface area contributed by atoms with Crippen LogP contribution in [0.4, 0.5) is 0 Å². The Balaban J connectivity index is 1.45. The second-order valence-electron chi connectivity index (χ2n) is 7.56. The second-order valence-corrected chi connectivity index (χ2v) is 8.93. The number of guanidine groups is 1. The molecule has 28 heavy (non-hydrogen) atoms. The number of morpholine rings is 1. The van der Waals surface area contributed by atoms with Crippen LogP contribution < -0.4 is 10.6 Å². The van der Waals surface area contributed by atoms with Crippen LogP contribution in [0.25, 0.3) is 0 Å². The second kappa shape index (κ2) is 10.0. The smallest absolute Gasteiger partial charge is 0.191 e. The van der Waals surface area contributed by atoms with Crippen molar-refractivity contribution in [1.29, 1.82) is 0 Å². The Morgan fingerprint density at radius 2 is 1.68 bits per heavy atom. The third-order valence-corrected chi connectivity index (χ3v) is 5.83. The first-order chi connectivity index (χ1) is 13.5. The summed E-state index contributed by atoms with van der Waals surface area (Å²) >= 11 is 1.81. The molecule has 0 spiro atoms. The van der Waals surface area contributed by atoms with Crippen LogP contribution in [0.3, 0.4) is 0 Å². The molecular formula is C22H32N4OS. The van der Waals surface area contributed by atoms with Crippen molar-refractivity contribution in [3.63, 3.8) is 0 Å². The van der Waals surface area contributed by atoms with Crippen LogP contribution in [0.2, 0.25) is 0 Å². The van der Waals surface area contributed by atoms with Gasteiger partial charge in [-0.05, 0) is 44.0 Å². The summed E-state index contributed by atoms with van der Waals surface area (Å²) in [6.45, 7) is 11.0. The minimum Gasteiger partial charge on any atom is -0.373 e. The lowest BCUT2D eigenvalue weighted by molar-refractivity contribution is -0.0704. The summed E-state index contributed by atoms with van der Waals surface area (Å²) in [7, 11) is 1.81. The molecule has 2 N–H and O–H groups in total. The van der Waals surface area contributed by atoms with Crippen molar-refractivity contribution in [2.75, 3.05) is 20.1 Å². The zero-order valence-electron chi connectivity index (χ0n) is 17.4. The molecule has 0 bridgehead atoms. The molecule has 1 aromatic carbocycles. The van der Waals surface area contributed by atoms with Gasteiger partial charge in [0.15, 0.2) is 5.96 Å². The standard InChI is InChI=1S/C22H32N4OS/c1-16-13-26(14-17(2)27-16)15-20-8-6-19(7-9-20)11-24-22(23-4)25-12-21-10-5-18(3)28-21/h5-10,16-17H,11-15H2,1-4H3,(H2,23,24,25). The molecule has 2 heterocycles. The van der Waals surface area contributed by atoms with Gasteiger partial charge in [-0.3, -0.25) is 9.89 Å². The van der Waals surface area contributed by atoms with Crippen LogP contribution in [-0.4, -0.2) is 43.2 Å². The lowest BCUT2D eigenvalue weighted by Gasteiger charge is -2.35. The van der Waals surface area contributed by atoms with E-state index in [2.05, 4.69) is 77.7 Å². The fourth-order valence-corrected chi connectivity index (χ4v) is 4.42. The molecule has 2 unspecified atom stereocenters. The highest BCUT2D eigenvalue weighted by Gasteiger charge is 2.21. The maximum atomic E-state index is 5.82. The fraction of sp³-hybridized carbons (Fsp3) is 0.500. The van der Waals surface area contributed by atoms with Gasteiger partial charge in [0.2, 0.25) is 0 Å². The highest BCUT2D eigenvalue weighted by Crippen LogP contribution is 2.15. The SMILES string of the molecule is CN=C(NCc1ccc(CN2CC(C)OC(C)C2)cc1)NCc1ccc(C)s1. The fourth-order valence-electron chi connectivity index (χ4n) is 3.59. The minimum atomic E-state index is 0.310. The van der Waals surface area contributed by atoms with Crippen molar-refractivity contribution in [3.8, 4) is 0 Å². The summed E-state index contributed by atoms with van der Waals surface area (Å²) in [5.74, 6) is 0.825. The molecular weight excluding hydrogens is 368 g/mol. The van der Waals surface area contributed by atoms with Gasteiger partial charge in [-0.25, -0.2) is 0 Å². The first-order valence-electron chi connectivity index (χ1n) is 9.97. The molecule has 152 valence electrons. The number of hydrogen-bond donors (Lipinski definition) is 2. The molecule has 0 aliphatic carbocycles.